The molecule has 0 spiro atoms. The van der Waals surface area contributed by atoms with Gasteiger partial charge in [-0.05, 0) is 157 Å². The van der Waals surface area contributed by atoms with Crippen LogP contribution in [-0.4, -0.2) is 130 Å². The highest BCUT2D eigenvalue weighted by atomic mass is 35.5. The molecule has 2 aromatic heterocycles. The maximum Gasteiger partial charge on any atom is 0.494 e. The number of nitrogens with zero attached hydrogens (tertiary/aromatic N) is 6. The summed E-state index contributed by atoms with van der Waals surface area (Å²) in [6.07, 6.45) is 0.994. The molecule has 3 fully saturated rings. The molecule has 5 heterocycles. The van der Waals surface area contributed by atoms with Crippen molar-refractivity contribution in [2.75, 3.05) is 47.4 Å². The molecule has 6 aromatic rings. The minimum atomic E-state index is -3.82. The predicted molar refractivity (Wildman–Crippen MR) is 301 cm³/mol. The topological polar surface area (TPSA) is 286 Å². The first-order chi connectivity index (χ1) is 38.1. The molecule has 28 heteroatoms. The Balaban J connectivity index is 0.000000185. The summed E-state index contributed by atoms with van der Waals surface area (Å²) in [5.41, 5.74) is 11.0. The zero-order valence-corrected chi connectivity index (χ0v) is 48.8. The van der Waals surface area contributed by atoms with Gasteiger partial charge in [-0.2, -0.15) is 4.98 Å². The van der Waals surface area contributed by atoms with Gasteiger partial charge in [0.05, 0.1) is 50.0 Å². The lowest BCUT2D eigenvalue weighted by molar-refractivity contribution is -0.137. The lowest BCUT2D eigenvalue weighted by Crippen LogP contribution is -2.41. The standard InChI is InChI=1S/C24H25FN4O6S.C18H20BFO3.C12H17ClN4O5S/c1-24(2)33-14-19(35-24)13-29(36(3,31)32)21-12-20(22(26)30)27-23(28-21)15-4-8-17(9-5-15)34-18-10-6-16(25)7-11-18;1-17(2)18(3,4)23-19(22-17)13-5-9-15(10-6-13)21-16-11-7-14(20)8-12-16;1-12(2)21-6-7(22-12)5-17(23(3,19)20)9-4-8(10(14)18)15-11(13)16-9/h4-12,19H,13-14H2,1-3H3,(H2,26,30);5-12H,1-4H3;4,7H,5-6H2,1-3H3,(H2,14,18). The number of aromatic nitrogens is 4. The fourth-order valence-electron chi connectivity index (χ4n) is 7.97. The van der Waals surface area contributed by atoms with Crippen LogP contribution in [0, 0.1) is 11.6 Å². The van der Waals surface area contributed by atoms with Crippen molar-refractivity contribution >= 4 is 67.7 Å². The van der Waals surface area contributed by atoms with Crippen molar-refractivity contribution in [1.82, 2.24) is 19.9 Å². The summed E-state index contributed by atoms with van der Waals surface area (Å²) >= 11 is 5.74. The van der Waals surface area contributed by atoms with E-state index < -0.39 is 55.6 Å². The van der Waals surface area contributed by atoms with Crippen molar-refractivity contribution in [2.45, 2.75) is 90.4 Å². The summed E-state index contributed by atoms with van der Waals surface area (Å²) < 4.78 is 123. The number of nitrogens with two attached hydrogens (primary N) is 2. The average Bonchev–Trinajstić information content (AvgIpc) is 3.86. The van der Waals surface area contributed by atoms with Crippen molar-refractivity contribution < 1.29 is 72.9 Å². The number of rotatable bonds is 16. The minimum Gasteiger partial charge on any atom is -0.457 e. The fraction of sp³-hybridized carbons (Fsp3) is 0.370. The Morgan fingerprint density at radius 1 is 0.598 bits per heavy atom. The van der Waals surface area contributed by atoms with Crippen molar-refractivity contribution in [3.8, 4) is 34.4 Å². The number of sulfonamides is 2. The molecule has 438 valence electrons. The van der Waals surface area contributed by atoms with Gasteiger partial charge in [-0.15, -0.1) is 0 Å². The Morgan fingerprint density at radius 2 is 0.963 bits per heavy atom. The van der Waals surface area contributed by atoms with Crippen LogP contribution in [0.3, 0.4) is 0 Å². The summed E-state index contributed by atoms with van der Waals surface area (Å²) in [6, 6.07) is 28.0. The number of benzene rings is 4. The second kappa shape index (κ2) is 24.9. The van der Waals surface area contributed by atoms with Crippen LogP contribution in [-0.2, 0) is 48.3 Å². The monoisotopic (exact) mass is 1190 g/mol. The maximum atomic E-state index is 13.1. The molecular formula is C54H62BClF2N8O14S2. The highest BCUT2D eigenvalue weighted by Gasteiger charge is 2.51. The van der Waals surface area contributed by atoms with Gasteiger partial charge in [0.15, 0.2) is 17.4 Å². The second-order valence-electron chi connectivity index (χ2n) is 20.8. The van der Waals surface area contributed by atoms with Crippen LogP contribution in [0.2, 0.25) is 5.28 Å². The van der Waals surface area contributed by atoms with E-state index in [9.17, 15) is 35.2 Å². The lowest BCUT2D eigenvalue weighted by Gasteiger charge is -2.32. The van der Waals surface area contributed by atoms with Crippen LogP contribution in [0.25, 0.3) is 11.4 Å². The molecule has 4 N–H and O–H groups in total. The van der Waals surface area contributed by atoms with E-state index in [0.717, 1.165) is 32.7 Å². The van der Waals surface area contributed by atoms with E-state index >= 15 is 0 Å². The third-order valence-corrected chi connectivity index (χ3v) is 15.1. The van der Waals surface area contributed by atoms with Crippen molar-refractivity contribution in [3.63, 3.8) is 0 Å². The molecule has 0 aliphatic carbocycles. The van der Waals surface area contributed by atoms with Crippen molar-refractivity contribution in [1.29, 1.82) is 0 Å². The normalized spacial score (nSPS) is 18.5. The number of ether oxygens (including phenoxy) is 6. The van der Waals surface area contributed by atoms with Crippen LogP contribution in [0.4, 0.5) is 20.4 Å². The first-order valence-electron chi connectivity index (χ1n) is 25.2. The number of hydrogen-bond acceptors (Lipinski definition) is 18. The van der Waals surface area contributed by atoms with E-state index in [4.69, 9.17) is 60.8 Å². The molecule has 0 bridgehead atoms. The molecule has 0 radical (unpaired) electrons. The summed E-state index contributed by atoms with van der Waals surface area (Å²) in [7, 11) is -7.91. The molecule has 2 atom stereocenters. The molecule has 9 rings (SSSR count). The quantitative estimate of drug-likeness (QED) is 0.0718. The van der Waals surface area contributed by atoms with Crippen LogP contribution in [0.5, 0.6) is 23.0 Å². The van der Waals surface area contributed by atoms with Gasteiger partial charge in [-0.1, -0.05) is 12.1 Å². The summed E-state index contributed by atoms with van der Waals surface area (Å²) in [6.45, 7) is 15.3. The molecule has 2 amide bonds. The van der Waals surface area contributed by atoms with Crippen LogP contribution >= 0.6 is 11.6 Å². The van der Waals surface area contributed by atoms with Gasteiger partial charge in [-0.3, -0.25) is 18.2 Å². The minimum absolute atomic E-state index is 0.0313. The number of carbonyl (C=O) groups excluding carboxylic acids is 2. The molecule has 3 saturated heterocycles. The number of halogens is 3. The number of anilines is 2. The Hall–Kier alpha value is -6.95. The van der Waals surface area contributed by atoms with Gasteiger partial charge in [-0.25, -0.2) is 40.6 Å². The summed E-state index contributed by atoms with van der Waals surface area (Å²) in [5.74, 6) is -1.80. The van der Waals surface area contributed by atoms with Gasteiger partial charge in [0.25, 0.3) is 11.8 Å². The lowest BCUT2D eigenvalue weighted by atomic mass is 9.79. The predicted octanol–water partition coefficient (Wildman–Crippen LogP) is 7.16. The number of hydrogen-bond donors (Lipinski definition) is 2. The Bertz CT molecular complexity index is 3470. The Kier molecular flexibility index (Phi) is 19.0. The van der Waals surface area contributed by atoms with Gasteiger partial charge >= 0.3 is 7.12 Å². The van der Waals surface area contributed by atoms with Gasteiger partial charge in [0, 0.05) is 17.7 Å². The highest BCUT2D eigenvalue weighted by Crippen LogP contribution is 2.37. The van der Waals surface area contributed by atoms with E-state index in [1.54, 1.807) is 64.1 Å². The van der Waals surface area contributed by atoms with Gasteiger partial charge in [0.1, 0.15) is 69.9 Å². The average molecular weight is 1200 g/mol. The van der Waals surface area contributed by atoms with Gasteiger partial charge in [0.2, 0.25) is 25.3 Å². The summed E-state index contributed by atoms with van der Waals surface area (Å²) in [5, 5.41) is -0.283. The van der Waals surface area contributed by atoms with Crippen molar-refractivity contribution in [3.05, 3.63) is 138 Å². The largest absolute Gasteiger partial charge is 0.494 e. The number of amides is 2. The van der Waals surface area contributed by atoms with Crippen molar-refractivity contribution in [2.24, 2.45) is 11.5 Å². The fourth-order valence-corrected chi connectivity index (χ4v) is 9.89. The maximum absolute atomic E-state index is 13.1. The smallest absolute Gasteiger partial charge is 0.457 e. The first kappa shape index (κ1) is 62.7. The van der Waals surface area contributed by atoms with Gasteiger partial charge < -0.3 is 49.2 Å². The SMILES string of the molecule is CC1(C)OB(c2ccc(Oc3ccc(F)cc3)cc2)OC1(C)C.CC1(C)OCC(CN(c2cc(C(N)=O)nc(-c3ccc(Oc4ccc(F)cc4)cc3)n2)S(C)(=O)=O)O1.CC1(C)OCC(CN(c2cc(C(N)=O)nc(Cl)n2)S(C)(=O)=O)O1. The third kappa shape index (κ3) is 16.8. The molecule has 22 nitrogen and oxygen atoms in total. The summed E-state index contributed by atoms with van der Waals surface area (Å²) in [4.78, 5) is 39.4. The van der Waals surface area contributed by atoms with Crippen LogP contribution in [0.1, 0.15) is 76.4 Å². The zero-order chi connectivity index (χ0) is 60.2. The van der Waals surface area contributed by atoms with Crippen LogP contribution < -0.4 is 35.0 Å². The molecule has 2 unspecified atom stereocenters. The number of carbonyl (C=O) groups is 2. The van der Waals surface area contributed by atoms with E-state index in [2.05, 4.69) is 19.9 Å². The van der Waals surface area contributed by atoms with E-state index in [1.807, 2.05) is 52.0 Å². The molecule has 3 aliphatic heterocycles. The Morgan fingerprint density at radius 3 is 1.33 bits per heavy atom. The number of primary amides is 2. The first-order valence-corrected chi connectivity index (χ1v) is 29.3. The molecule has 3 aliphatic rings. The third-order valence-electron chi connectivity index (χ3n) is 12.7. The van der Waals surface area contributed by atoms with E-state index in [-0.39, 0.29) is 90.4 Å². The second-order valence-corrected chi connectivity index (χ2v) is 25.0. The molecule has 4 aromatic carbocycles. The highest BCUT2D eigenvalue weighted by molar-refractivity contribution is 7.92. The van der Waals surface area contributed by atoms with E-state index in [1.165, 1.54) is 42.5 Å². The zero-order valence-electron chi connectivity index (χ0n) is 46.5. The van der Waals surface area contributed by atoms with E-state index in [0.29, 0.717) is 28.6 Å². The Labute approximate surface area is 479 Å². The van der Waals surface area contributed by atoms with Crippen LogP contribution in [0.15, 0.2) is 109 Å². The molecular weight excluding hydrogens is 1130 g/mol. The molecule has 82 heavy (non-hydrogen) atoms. The molecule has 0 saturated carbocycles.